The van der Waals surface area contributed by atoms with Gasteiger partial charge in [0.05, 0.1) is 0 Å². The Morgan fingerprint density at radius 3 is 2.24 bits per heavy atom. The highest BCUT2D eigenvalue weighted by molar-refractivity contribution is 7.99. The van der Waals surface area contributed by atoms with Gasteiger partial charge in [-0.2, -0.15) is 0 Å². The zero-order valence-electron chi connectivity index (χ0n) is 13.8. The molecule has 21 heavy (non-hydrogen) atoms. The largest absolute Gasteiger partial charge is 0.346 e. The highest BCUT2D eigenvalue weighted by Crippen LogP contribution is 2.23. The molecule has 1 atom stereocenters. The van der Waals surface area contributed by atoms with E-state index < -0.39 is 0 Å². The minimum Gasteiger partial charge on any atom is -0.346 e. The molecule has 1 aromatic rings. The number of amides is 1. The molecule has 3 nitrogen and oxygen atoms in total. The number of benzene rings is 1. The summed E-state index contributed by atoms with van der Waals surface area (Å²) in [5.74, 6) is 0.438. The number of carbonyl (C=O) groups is 1. The molecule has 0 saturated heterocycles. The second kappa shape index (κ2) is 7.85. The number of carbonyl (C=O) groups excluding carboxylic acids is 1. The third kappa shape index (κ3) is 6.10. The zero-order chi connectivity index (χ0) is 16.0. The van der Waals surface area contributed by atoms with Gasteiger partial charge < -0.3 is 11.1 Å². The van der Waals surface area contributed by atoms with E-state index in [0.717, 1.165) is 6.42 Å². The van der Waals surface area contributed by atoms with E-state index in [1.807, 2.05) is 31.2 Å². The lowest BCUT2D eigenvalue weighted by molar-refractivity contribution is 0.0898. The van der Waals surface area contributed by atoms with Crippen LogP contribution in [0.4, 0.5) is 0 Å². The van der Waals surface area contributed by atoms with Crippen molar-refractivity contribution in [3.8, 4) is 0 Å². The molecule has 0 aliphatic rings. The van der Waals surface area contributed by atoms with Gasteiger partial charge in [0.25, 0.3) is 5.91 Å². The first kappa shape index (κ1) is 18.1. The van der Waals surface area contributed by atoms with Gasteiger partial charge in [0.1, 0.15) is 0 Å². The maximum absolute atomic E-state index is 12.4. The van der Waals surface area contributed by atoms with Crippen LogP contribution in [0.25, 0.3) is 0 Å². The van der Waals surface area contributed by atoms with Crippen molar-refractivity contribution >= 4 is 17.7 Å². The van der Waals surface area contributed by atoms with Crippen LogP contribution in [-0.4, -0.2) is 23.2 Å². The maximum atomic E-state index is 12.4. The summed E-state index contributed by atoms with van der Waals surface area (Å²) in [6.45, 7) is 11.0. The van der Waals surface area contributed by atoms with Crippen LogP contribution >= 0.6 is 11.8 Å². The lowest BCUT2D eigenvalue weighted by Crippen LogP contribution is -2.52. The van der Waals surface area contributed by atoms with E-state index in [9.17, 15) is 4.79 Å². The van der Waals surface area contributed by atoms with Crippen LogP contribution in [0, 0.1) is 5.92 Å². The van der Waals surface area contributed by atoms with Gasteiger partial charge in [-0.3, -0.25) is 4.79 Å². The Morgan fingerprint density at radius 1 is 1.24 bits per heavy atom. The number of hydrogen-bond donors (Lipinski definition) is 2. The van der Waals surface area contributed by atoms with Crippen molar-refractivity contribution in [2.75, 3.05) is 6.54 Å². The van der Waals surface area contributed by atoms with Crippen molar-refractivity contribution in [1.82, 2.24) is 5.32 Å². The minimum absolute atomic E-state index is 0.0512. The van der Waals surface area contributed by atoms with Crippen molar-refractivity contribution in [3.63, 3.8) is 0 Å². The standard InChI is InChI=1S/C17H28N2OS/c1-12(2)10-17(5,11-18)19-16(20)14-6-8-15(9-7-14)21-13(3)4/h6-9,12-13H,10-11,18H2,1-5H3,(H,19,20). The summed E-state index contributed by atoms with van der Waals surface area (Å²) >= 11 is 1.79. The summed E-state index contributed by atoms with van der Waals surface area (Å²) in [6, 6.07) is 7.77. The molecule has 1 unspecified atom stereocenters. The van der Waals surface area contributed by atoms with Gasteiger partial charge in [0, 0.05) is 27.8 Å². The lowest BCUT2D eigenvalue weighted by Gasteiger charge is -2.31. The molecule has 0 saturated carbocycles. The average Bonchev–Trinajstić information content (AvgIpc) is 2.37. The quantitative estimate of drug-likeness (QED) is 0.756. The summed E-state index contributed by atoms with van der Waals surface area (Å²) in [4.78, 5) is 13.5. The van der Waals surface area contributed by atoms with Crippen LogP contribution in [0.3, 0.4) is 0 Å². The van der Waals surface area contributed by atoms with E-state index in [4.69, 9.17) is 5.73 Å². The Hall–Kier alpha value is -1.00. The molecular weight excluding hydrogens is 280 g/mol. The van der Waals surface area contributed by atoms with Gasteiger partial charge in [-0.05, 0) is 43.5 Å². The molecule has 0 heterocycles. The van der Waals surface area contributed by atoms with Crippen LogP contribution in [-0.2, 0) is 0 Å². The summed E-state index contributed by atoms with van der Waals surface area (Å²) in [5, 5.41) is 3.62. The molecule has 0 aromatic heterocycles. The Bertz CT molecular complexity index is 456. The van der Waals surface area contributed by atoms with Crippen LogP contribution < -0.4 is 11.1 Å². The first-order chi connectivity index (χ1) is 9.75. The first-order valence-corrected chi connectivity index (χ1v) is 8.43. The van der Waals surface area contributed by atoms with E-state index in [-0.39, 0.29) is 11.4 Å². The molecular formula is C17H28N2OS. The van der Waals surface area contributed by atoms with Crippen LogP contribution in [0.2, 0.25) is 0 Å². The van der Waals surface area contributed by atoms with Gasteiger partial charge in [-0.25, -0.2) is 0 Å². The smallest absolute Gasteiger partial charge is 0.251 e. The Morgan fingerprint density at radius 2 is 1.81 bits per heavy atom. The van der Waals surface area contributed by atoms with Gasteiger partial charge in [-0.1, -0.05) is 27.7 Å². The van der Waals surface area contributed by atoms with Crippen molar-refractivity contribution in [3.05, 3.63) is 29.8 Å². The molecule has 0 bridgehead atoms. The second-order valence-corrected chi connectivity index (χ2v) is 8.16. The lowest BCUT2D eigenvalue weighted by atomic mass is 9.90. The monoisotopic (exact) mass is 308 g/mol. The molecule has 0 aliphatic carbocycles. The SMILES string of the molecule is CC(C)CC(C)(CN)NC(=O)c1ccc(SC(C)C)cc1. The Kier molecular flexibility index (Phi) is 6.75. The van der Waals surface area contributed by atoms with E-state index in [1.54, 1.807) is 11.8 Å². The summed E-state index contributed by atoms with van der Waals surface area (Å²) in [5.41, 5.74) is 6.18. The highest BCUT2D eigenvalue weighted by atomic mass is 32.2. The van der Waals surface area contributed by atoms with Gasteiger partial charge in [0.2, 0.25) is 0 Å². The highest BCUT2D eigenvalue weighted by Gasteiger charge is 2.26. The predicted molar refractivity (Wildman–Crippen MR) is 91.8 cm³/mol. The average molecular weight is 308 g/mol. The maximum Gasteiger partial charge on any atom is 0.251 e. The molecule has 0 fully saturated rings. The van der Waals surface area contributed by atoms with E-state index in [1.165, 1.54) is 4.90 Å². The molecule has 0 aliphatic heterocycles. The fraction of sp³-hybridized carbons (Fsp3) is 0.588. The number of rotatable bonds is 7. The fourth-order valence-corrected chi connectivity index (χ4v) is 3.23. The van der Waals surface area contributed by atoms with Crippen molar-refractivity contribution in [2.24, 2.45) is 11.7 Å². The third-order valence-corrected chi connectivity index (χ3v) is 4.23. The summed E-state index contributed by atoms with van der Waals surface area (Å²) in [6.07, 6.45) is 0.872. The first-order valence-electron chi connectivity index (χ1n) is 7.55. The Labute approximate surface area is 133 Å². The second-order valence-electron chi connectivity index (χ2n) is 6.51. The molecule has 1 rings (SSSR count). The van der Waals surface area contributed by atoms with Crippen molar-refractivity contribution < 1.29 is 4.79 Å². The number of nitrogens with one attached hydrogen (secondary N) is 1. The molecule has 0 spiro atoms. The molecule has 1 aromatic carbocycles. The molecule has 1 amide bonds. The molecule has 118 valence electrons. The van der Waals surface area contributed by atoms with Crippen molar-refractivity contribution in [1.29, 1.82) is 0 Å². The zero-order valence-corrected chi connectivity index (χ0v) is 14.6. The van der Waals surface area contributed by atoms with Crippen LogP contribution in [0.1, 0.15) is 51.4 Å². The van der Waals surface area contributed by atoms with Crippen LogP contribution in [0.15, 0.2) is 29.2 Å². The van der Waals surface area contributed by atoms with Gasteiger partial charge in [0.15, 0.2) is 0 Å². The molecule has 4 heteroatoms. The summed E-state index contributed by atoms with van der Waals surface area (Å²) < 4.78 is 0. The predicted octanol–water partition coefficient (Wildman–Crippen LogP) is 3.68. The third-order valence-electron chi connectivity index (χ3n) is 3.21. The normalized spacial score (nSPS) is 14.3. The van der Waals surface area contributed by atoms with Crippen LogP contribution in [0.5, 0.6) is 0 Å². The van der Waals surface area contributed by atoms with E-state index >= 15 is 0 Å². The fourth-order valence-electron chi connectivity index (χ4n) is 2.39. The van der Waals surface area contributed by atoms with Crippen molar-refractivity contribution in [2.45, 2.75) is 56.7 Å². The number of thioether (sulfide) groups is 1. The number of hydrogen-bond acceptors (Lipinski definition) is 3. The molecule has 0 radical (unpaired) electrons. The van der Waals surface area contributed by atoms with Gasteiger partial charge >= 0.3 is 0 Å². The van der Waals surface area contributed by atoms with E-state index in [0.29, 0.717) is 23.3 Å². The minimum atomic E-state index is -0.351. The molecule has 3 N–H and O–H groups in total. The topological polar surface area (TPSA) is 55.1 Å². The summed E-state index contributed by atoms with van der Waals surface area (Å²) in [7, 11) is 0. The van der Waals surface area contributed by atoms with E-state index in [2.05, 4.69) is 33.0 Å². The Balaban J connectivity index is 2.74. The van der Waals surface area contributed by atoms with Gasteiger partial charge in [-0.15, -0.1) is 11.8 Å². The number of nitrogens with two attached hydrogens (primary N) is 1.